The van der Waals surface area contributed by atoms with Crippen molar-refractivity contribution in [1.82, 2.24) is 14.9 Å². The Labute approximate surface area is 126 Å². The molecule has 0 atom stereocenters. The number of halogens is 1. The van der Waals surface area contributed by atoms with Crippen molar-refractivity contribution in [2.75, 3.05) is 39.5 Å². The highest BCUT2D eigenvalue weighted by Gasteiger charge is 2.10. The van der Waals surface area contributed by atoms with Gasteiger partial charge in [-0.15, -0.1) is 0 Å². The highest BCUT2D eigenvalue weighted by atomic mass is 79.9. The zero-order valence-corrected chi connectivity index (χ0v) is 12.7. The minimum Gasteiger partial charge on any atom is -0.475 e. The third kappa shape index (κ3) is 3.45. The molecule has 1 fully saturated rings. The summed E-state index contributed by atoms with van der Waals surface area (Å²) < 4.78 is 12.0. The highest BCUT2D eigenvalue weighted by molar-refractivity contribution is 9.10. The van der Waals surface area contributed by atoms with Gasteiger partial charge >= 0.3 is 0 Å². The van der Waals surface area contributed by atoms with E-state index in [1.807, 2.05) is 18.2 Å². The standard InChI is InChI=1S/C14H16BrN3O2/c15-11-1-2-12-13(9-11)17-14(10-16-12)20-8-5-18-3-6-19-7-4-18/h1-2,9-10H,3-8H2. The molecule has 0 amide bonds. The molecule has 3 rings (SSSR count). The number of aromatic nitrogens is 2. The normalized spacial score (nSPS) is 16.4. The van der Waals surface area contributed by atoms with Crippen molar-refractivity contribution >= 4 is 27.0 Å². The molecule has 1 aromatic carbocycles. The average molecular weight is 338 g/mol. The van der Waals surface area contributed by atoms with Gasteiger partial charge < -0.3 is 9.47 Å². The summed E-state index contributed by atoms with van der Waals surface area (Å²) in [5.74, 6) is 0.573. The number of nitrogens with zero attached hydrogens (tertiary/aromatic N) is 3. The maximum absolute atomic E-state index is 5.69. The van der Waals surface area contributed by atoms with E-state index in [1.54, 1.807) is 6.20 Å². The van der Waals surface area contributed by atoms with Crippen molar-refractivity contribution < 1.29 is 9.47 Å². The average Bonchev–Trinajstić information content (AvgIpc) is 2.48. The molecule has 1 aliphatic rings. The second kappa shape index (κ2) is 6.47. The van der Waals surface area contributed by atoms with Crippen LogP contribution in [0.5, 0.6) is 5.88 Å². The molecular weight excluding hydrogens is 322 g/mol. The summed E-state index contributed by atoms with van der Waals surface area (Å²) in [6, 6.07) is 5.83. The van der Waals surface area contributed by atoms with Gasteiger partial charge in [-0.3, -0.25) is 4.90 Å². The summed E-state index contributed by atoms with van der Waals surface area (Å²) in [4.78, 5) is 11.1. The summed E-state index contributed by atoms with van der Waals surface area (Å²) >= 11 is 3.43. The smallest absolute Gasteiger partial charge is 0.232 e. The first-order valence-electron chi connectivity index (χ1n) is 6.66. The van der Waals surface area contributed by atoms with Crippen LogP contribution in [0.25, 0.3) is 11.0 Å². The quantitative estimate of drug-likeness (QED) is 0.855. The Kier molecular flexibility index (Phi) is 4.44. The largest absolute Gasteiger partial charge is 0.475 e. The van der Waals surface area contributed by atoms with Gasteiger partial charge in [-0.05, 0) is 18.2 Å². The second-order valence-corrected chi connectivity index (χ2v) is 5.56. The highest BCUT2D eigenvalue weighted by Crippen LogP contribution is 2.18. The van der Waals surface area contributed by atoms with Gasteiger partial charge in [0.15, 0.2) is 0 Å². The molecule has 0 saturated carbocycles. The second-order valence-electron chi connectivity index (χ2n) is 4.64. The molecule has 0 bridgehead atoms. The maximum Gasteiger partial charge on any atom is 0.232 e. The maximum atomic E-state index is 5.69. The van der Waals surface area contributed by atoms with Crippen LogP contribution in [-0.2, 0) is 4.74 Å². The van der Waals surface area contributed by atoms with Crippen LogP contribution in [-0.4, -0.2) is 54.3 Å². The van der Waals surface area contributed by atoms with E-state index in [2.05, 4.69) is 30.8 Å². The molecule has 0 N–H and O–H groups in total. The first-order chi connectivity index (χ1) is 9.81. The van der Waals surface area contributed by atoms with Gasteiger partial charge in [0, 0.05) is 24.1 Å². The van der Waals surface area contributed by atoms with Crippen molar-refractivity contribution in [3.63, 3.8) is 0 Å². The molecule has 0 unspecified atom stereocenters. The van der Waals surface area contributed by atoms with Crippen LogP contribution in [0.3, 0.4) is 0 Å². The van der Waals surface area contributed by atoms with Crippen LogP contribution in [0.4, 0.5) is 0 Å². The van der Waals surface area contributed by atoms with Crippen LogP contribution >= 0.6 is 15.9 Å². The summed E-state index contributed by atoms with van der Waals surface area (Å²) in [5.41, 5.74) is 1.71. The Hall–Kier alpha value is -1.24. The van der Waals surface area contributed by atoms with E-state index in [-0.39, 0.29) is 0 Å². The fourth-order valence-corrected chi connectivity index (χ4v) is 2.49. The van der Waals surface area contributed by atoms with Gasteiger partial charge in [0.25, 0.3) is 0 Å². The molecule has 2 aromatic rings. The molecule has 0 spiro atoms. The molecule has 1 aliphatic heterocycles. The molecule has 1 saturated heterocycles. The number of rotatable bonds is 4. The van der Waals surface area contributed by atoms with E-state index < -0.39 is 0 Å². The zero-order chi connectivity index (χ0) is 13.8. The van der Waals surface area contributed by atoms with Crippen molar-refractivity contribution in [2.45, 2.75) is 0 Å². The fourth-order valence-electron chi connectivity index (χ4n) is 2.14. The SMILES string of the molecule is Brc1ccc2ncc(OCCN3CCOCC3)nc2c1. The first-order valence-corrected chi connectivity index (χ1v) is 7.46. The number of ether oxygens (including phenoxy) is 2. The lowest BCUT2D eigenvalue weighted by molar-refractivity contribution is 0.0320. The molecule has 0 radical (unpaired) electrons. The summed E-state index contributed by atoms with van der Waals surface area (Å²) in [5, 5.41) is 0. The van der Waals surface area contributed by atoms with Gasteiger partial charge in [-0.1, -0.05) is 15.9 Å². The van der Waals surface area contributed by atoms with Crippen molar-refractivity contribution in [2.24, 2.45) is 0 Å². The van der Waals surface area contributed by atoms with Crippen LogP contribution in [0, 0.1) is 0 Å². The van der Waals surface area contributed by atoms with Crippen LogP contribution < -0.4 is 4.74 Å². The molecule has 5 nitrogen and oxygen atoms in total. The van der Waals surface area contributed by atoms with E-state index in [1.165, 1.54) is 0 Å². The van der Waals surface area contributed by atoms with Gasteiger partial charge in [-0.25, -0.2) is 9.97 Å². The Morgan fingerprint density at radius 1 is 1.25 bits per heavy atom. The predicted octanol–water partition coefficient (Wildman–Crippen LogP) is 2.10. The molecule has 0 aliphatic carbocycles. The Balaban J connectivity index is 1.59. The summed E-state index contributed by atoms with van der Waals surface area (Å²) in [6.07, 6.45) is 1.68. The number of hydrogen-bond acceptors (Lipinski definition) is 5. The van der Waals surface area contributed by atoms with Crippen molar-refractivity contribution in [3.8, 4) is 5.88 Å². The van der Waals surface area contributed by atoms with Gasteiger partial charge in [0.05, 0.1) is 30.4 Å². The lowest BCUT2D eigenvalue weighted by atomic mass is 10.3. The Morgan fingerprint density at radius 2 is 2.10 bits per heavy atom. The van der Waals surface area contributed by atoms with E-state index in [4.69, 9.17) is 9.47 Å². The lowest BCUT2D eigenvalue weighted by Gasteiger charge is -2.26. The Bertz CT molecular complexity index is 588. The minimum atomic E-state index is 0.573. The number of benzene rings is 1. The predicted molar refractivity (Wildman–Crippen MR) is 80.0 cm³/mol. The summed E-state index contributed by atoms with van der Waals surface area (Å²) in [6.45, 7) is 5.07. The molecule has 106 valence electrons. The van der Waals surface area contributed by atoms with Gasteiger partial charge in [0.2, 0.25) is 5.88 Å². The number of hydrogen-bond donors (Lipinski definition) is 0. The first kappa shape index (κ1) is 13.7. The molecule has 2 heterocycles. The van der Waals surface area contributed by atoms with E-state index in [0.29, 0.717) is 12.5 Å². The third-order valence-corrected chi connectivity index (χ3v) is 3.74. The lowest BCUT2D eigenvalue weighted by Crippen LogP contribution is -2.38. The minimum absolute atomic E-state index is 0.573. The van der Waals surface area contributed by atoms with Crippen LogP contribution in [0.2, 0.25) is 0 Å². The number of fused-ring (bicyclic) bond motifs is 1. The number of morpholine rings is 1. The van der Waals surface area contributed by atoms with Crippen molar-refractivity contribution in [1.29, 1.82) is 0 Å². The monoisotopic (exact) mass is 337 g/mol. The van der Waals surface area contributed by atoms with Gasteiger partial charge in [0.1, 0.15) is 6.61 Å². The van der Waals surface area contributed by atoms with Crippen molar-refractivity contribution in [3.05, 3.63) is 28.9 Å². The van der Waals surface area contributed by atoms with E-state index >= 15 is 0 Å². The molecular formula is C14H16BrN3O2. The molecule has 6 heteroatoms. The van der Waals surface area contributed by atoms with Crippen LogP contribution in [0.1, 0.15) is 0 Å². The van der Waals surface area contributed by atoms with E-state index in [0.717, 1.165) is 48.4 Å². The third-order valence-electron chi connectivity index (χ3n) is 3.24. The molecule has 20 heavy (non-hydrogen) atoms. The topological polar surface area (TPSA) is 47.5 Å². The zero-order valence-electron chi connectivity index (χ0n) is 11.1. The fraction of sp³-hybridized carbons (Fsp3) is 0.429. The van der Waals surface area contributed by atoms with Crippen LogP contribution in [0.15, 0.2) is 28.9 Å². The Morgan fingerprint density at radius 3 is 2.95 bits per heavy atom. The van der Waals surface area contributed by atoms with E-state index in [9.17, 15) is 0 Å². The molecule has 1 aromatic heterocycles. The summed E-state index contributed by atoms with van der Waals surface area (Å²) in [7, 11) is 0. The van der Waals surface area contributed by atoms with Gasteiger partial charge in [-0.2, -0.15) is 0 Å².